The van der Waals surface area contributed by atoms with Gasteiger partial charge in [-0.1, -0.05) is 20.8 Å². The molecule has 2 aromatic carbocycles. The number of imidazole rings is 2. The van der Waals surface area contributed by atoms with Crippen molar-refractivity contribution in [1.29, 1.82) is 0 Å². The molecule has 3 atom stereocenters. The van der Waals surface area contributed by atoms with Crippen LogP contribution >= 0.6 is 9.90 Å². The first-order chi connectivity index (χ1) is 39.8. The van der Waals surface area contributed by atoms with Crippen molar-refractivity contribution in [3.63, 3.8) is 0 Å². The van der Waals surface area contributed by atoms with Crippen LogP contribution in [0.1, 0.15) is 106 Å². The number of Topliss-reactive ketones (excluding diaryl/α,β-unsaturated/α-hetero) is 2. The normalized spacial score (nSPS) is 17.9. The van der Waals surface area contributed by atoms with Gasteiger partial charge in [-0.05, 0) is 131 Å². The molecular formula is C62H83F4N6O10PSi. The van der Waals surface area contributed by atoms with Crippen LogP contribution in [0.2, 0.25) is 18.1 Å². The Balaban J connectivity index is 0.000000219. The molecule has 1 unspecified atom stereocenters. The number of piperidine rings is 2. The molecule has 10 rings (SSSR count). The summed E-state index contributed by atoms with van der Waals surface area (Å²) in [5, 5.41) is 9.42. The monoisotopic (exact) mass is 1210 g/mol. The third-order valence-corrected chi connectivity index (χ3v) is 21.3. The molecule has 0 spiro atoms. The quantitative estimate of drug-likeness (QED) is 0.0236. The fraction of sp³-hybridized carbons (Fsp3) is 0.548. The molecule has 458 valence electrons. The largest absolute Gasteiger partial charge is 0.496 e. The van der Waals surface area contributed by atoms with E-state index in [4.69, 9.17) is 32.8 Å². The summed E-state index contributed by atoms with van der Waals surface area (Å²) in [6.45, 7) is 13.0. The van der Waals surface area contributed by atoms with Crippen LogP contribution in [-0.2, 0) is 4.43 Å². The Morgan fingerprint density at radius 2 is 1.07 bits per heavy atom. The fourth-order valence-electron chi connectivity index (χ4n) is 10.8. The molecule has 0 bridgehead atoms. The number of ether oxygens (including phenoxy) is 6. The Morgan fingerprint density at radius 1 is 0.643 bits per heavy atom. The van der Waals surface area contributed by atoms with E-state index in [0.717, 1.165) is 96.4 Å². The van der Waals surface area contributed by atoms with Crippen molar-refractivity contribution in [1.82, 2.24) is 28.6 Å². The molecule has 84 heavy (non-hydrogen) atoms. The number of halogens is 4. The molecule has 2 saturated carbocycles. The number of hydrogen-bond donors (Lipinski definition) is 1. The van der Waals surface area contributed by atoms with Gasteiger partial charge in [-0.25, -0.2) is 9.97 Å². The molecule has 6 heterocycles. The van der Waals surface area contributed by atoms with Gasteiger partial charge in [-0.2, -0.15) is 27.5 Å². The summed E-state index contributed by atoms with van der Waals surface area (Å²) < 4.78 is 96.3. The van der Waals surface area contributed by atoms with E-state index in [1.807, 2.05) is 45.5 Å². The van der Waals surface area contributed by atoms with Gasteiger partial charge in [0, 0.05) is 93.1 Å². The van der Waals surface area contributed by atoms with Crippen molar-refractivity contribution in [3.05, 3.63) is 84.4 Å². The van der Waals surface area contributed by atoms with Crippen LogP contribution in [0.25, 0.3) is 33.8 Å². The zero-order valence-corrected chi connectivity index (χ0v) is 52.0. The lowest BCUT2D eigenvalue weighted by molar-refractivity contribution is -0.0509. The molecular weight excluding hydrogens is 1120 g/mol. The minimum atomic E-state index is -3.08. The van der Waals surface area contributed by atoms with Gasteiger partial charge >= 0.3 is 13.2 Å². The Labute approximate surface area is 494 Å². The topological polar surface area (TPSA) is 160 Å². The molecule has 4 aliphatic rings. The maximum Gasteiger partial charge on any atom is 0.387 e. The Bertz CT molecular complexity index is 3180. The van der Waals surface area contributed by atoms with Crippen molar-refractivity contribution in [2.45, 2.75) is 116 Å². The van der Waals surface area contributed by atoms with E-state index in [0.29, 0.717) is 83.0 Å². The Morgan fingerprint density at radius 3 is 1.46 bits per heavy atom. The molecule has 0 amide bonds. The van der Waals surface area contributed by atoms with Crippen LogP contribution in [-0.4, -0.2) is 147 Å². The highest BCUT2D eigenvalue weighted by atomic mass is 31.0. The second-order valence-electron chi connectivity index (χ2n) is 24.0. The summed E-state index contributed by atoms with van der Waals surface area (Å²) in [7, 11) is 1.08. The number of β-amino-alcohol motifs (C(OH)–C–C–N with tert-alkyl or cyclic N) is 1. The minimum Gasteiger partial charge on any atom is -0.496 e. The number of fused-ring (bicyclic) bond motifs is 2. The highest BCUT2D eigenvalue weighted by Gasteiger charge is 2.37. The molecule has 0 radical (unpaired) electrons. The highest BCUT2D eigenvalue weighted by Crippen LogP contribution is 2.43. The van der Waals surface area contributed by atoms with Gasteiger partial charge in [0.2, 0.25) is 0 Å². The molecule has 22 heteroatoms. The number of pyridine rings is 2. The molecule has 16 nitrogen and oxygen atoms in total. The maximum atomic E-state index is 13.4. The number of benzene rings is 2. The summed E-state index contributed by atoms with van der Waals surface area (Å²) in [6, 6.07) is 13.7. The van der Waals surface area contributed by atoms with E-state index < -0.39 is 21.5 Å². The van der Waals surface area contributed by atoms with E-state index >= 15 is 0 Å². The lowest BCUT2D eigenvalue weighted by atomic mass is 9.99. The van der Waals surface area contributed by atoms with Crippen LogP contribution in [0, 0.1) is 23.7 Å². The van der Waals surface area contributed by atoms with Gasteiger partial charge in [-0.3, -0.25) is 18.4 Å². The second-order valence-corrected chi connectivity index (χ2v) is 28.9. The standard InChI is InChI=1S/C34H47F2N3O5Si.C28H33F2N3O5.H3P/c1-34(2,3)45(5,6)43-15-14-38-12-7-8-24(21-38)22-42-26-11-13-39-27(20-37-31(39)19-26)25-17-29(41-4)32(28(40)16-23-9-10-23)30(18-25)44-33(35)36;1-36-24-12-20(13-25(38-28(29)30)27(24)23(35)11-18-4-5-18)22-15-31-26-14-21(6-8-33(22)26)37-17-19-3-2-7-32(16-19)9-10-34;/h11,13,17-20,23-24,33H,7-10,12,14-16,21-22H2,1-6H3;6,8,12-15,18-19,28,34H,2-5,7,9-11,16-17H2,1H3;1H3/t24-;19-;/m00./s1. The summed E-state index contributed by atoms with van der Waals surface area (Å²) >= 11 is 0. The van der Waals surface area contributed by atoms with E-state index in [2.05, 4.69) is 53.6 Å². The highest BCUT2D eigenvalue weighted by molar-refractivity contribution is 6.92. The molecule has 2 aliphatic carbocycles. The summed E-state index contributed by atoms with van der Waals surface area (Å²) in [5.41, 5.74) is 3.76. The predicted octanol–water partition coefficient (Wildman–Crippen LogP) is 12.4. The number of carbonyl (C=O) groups is 2. The molecule has 1 N–H and O–H groups in total. The van der Waals surface area contributed by atoms with Gasteiger partial charge in [0.1, 0.15) is 56.9 Å². The van der Waals surface area contributed by atoms with E-state index in [9.17, 15) is 32.3 Å². The predicted molar refractivity (Wildman–Crippen MR) is 322 cm³/mol. The van der Waals surface area contributed by atoms with Gasteiger partial charge in [0.25, 0.3) is 0 Å². The molecule has 6 aromatic rings. The number of nitrogens with zero attached hydrogens (tertiary/aromatic N) is 6. The number of aromatic nitrogens is 4. The average Bonchev–Trinajstić information content (AvgIpc) is 4.53. The average molecular weight is 1210 g/mol. The van der Waals surface area contributed by atoms with Crippen LogP contribution in [0.4, 0.5) is 17.6 Å². The zero-order chi connectivity index (χ0) is 59.0. The summed E-state index contributed by atoms with van der Waals surface area (Å²) in [6.07, 6.45) is 15.9. The summed E-state index contributed by atoms with van der Waals surface area (Å²) in [5.74, 6) is 2.32. The molecule has 4 aromatic heterocycles. The van der Waals surface area contributed by atoms with Crippen LogP contribution in [0.5, 0.6) is 34.5 Å². The number of likely N-dealkylation sites (tertiary alicyclic amines) is 2. The number of methoxy groups -OCH3 is 2. The van der Waals surface area contributed by atoms with Crippen molar-refractivity contribution in [2.75, 3.05) is 79.9 Å². The first-order valence-corrected chi connectivity index (χ1v) is 32.0. The van der Waals surface area contributed by atoms with Gasteiger partial charge in [0.15, 0.2) is 19.9 Å². The fourth-order valence-corrected chi connectivity index (χ4v) is 11.9. The lowest BCUT2D eigenvalue weighted by Crippen LogP contribution is -2.44. The third-order valence-electron chi connectivity index (χ3n) is 16.7. The van der Waals surface area contributed by atoms with Crippen LogP contribution in [0.15, 0.2) is 73.3 Å². The van der Waals surface area contributed by atoms with Gasteiger partial charge in [0.05, 0.1) is 57.8 Å². The van der Waals surface area contributed by atoms with Crippen molar-refractivity contribution in [2.24, 2.45) is 23.7 Å². The first kappa shape index (κ1) is 64.2. The zero-order valence-electron chi connectivity index (χ0n) is 49.6. The van der Waals surface area contributed by atoms with E-state index in [1.54, 1.807) is 24.5 Å². The maximum absolute atomic E-state index is 13.4. The van der Waals surface area contributed by atoms with Gasteiger partial charge in [-0.15, -0.1) is 0 Å². The lowest BCUT2D eigenvalue weighted by Gasteiger charge is -2.38. The molecule has 2 saturated heterocycles. The Kier molecular flexibility index (Phi) is 21.8. The number of rotatable bonds is 26. The number of aliphatic hydroxyl groups excluding tert-OH is 1. The van der Waals surface area contributed by atoms with Crippen LogP contribution in [0.3, 0.4) is 0 Å². The number of hydrogen-bond acceptors (Lipinski definition) is 14. The Hall–Kier alpha value is -5.83. The van der Waals surface area contributed by atoms with Crippen molar-refractivity contribution >= 4 is 41.1 Å². The second kappa shape index (κ2) is 28.6. The SMILES string of the molecule is COc1cc(-c2cnc3cc(OC[C@H]4CCCN(CCO)C4)ccn23)cc(OC(F)F)c1C(=O)CC1CC1.COc1cc(-c2cnc3cc(OC[C@H]4CCCN(CCO[Si](C)(C)C(C)(C)C)C4)ccn23)cc(OC(F)F)c1C(=O)CC1CC1.P. The number of aliphatic hydroxyl groups is 1. The van der Waals surface area contributed by atoms with Crippen molar-refractivity contribution < 1.29 is 65.1 Å². The van der Waals surface area contributed by atoms with Crippen molar-refractivity contribution in [3.8, 4) is 57.0 Å². The van der Waals surface area contributed by atoms with E-state index in [1.165, 1.54) is 26.4 Å². The number of carbonyl (C=O) groups excluding carboxylic acids is 2. The number of ketones is 2. The molecule has 4 fully saturated rings. The molecule has 2 aliphatic heterocycles. The smallest absolute Gasteiger partial charge is 0.387 e. The summed E-state index contributed by atoms with van der Waals surface area (Å²) in [4.78, 5) is 39.7. The van der Waals surface area contributed by atoms with E-state index in [-0.39, 0.29) is 80.1 Å². The van der Waals surface area contributed by atoms with Gasteiger partial charge < -0.3 is 47.8 Å². The third kappa shape index (κ3) is 16.6. The number of alkyl halides is 4. The van der Waals surface area contributed by atoms with Crippen LogP contribution < -0.4 is 28.4 Å². The minimum absolute atomic E-state index is 0. The first-order valence-electron chi connectivity index (χ1n) is 29.1.